The zero-order chi connectivity index (χ0) is 14.3. The van der Waals surface area contributed by atoms with Gasteiger partial charge in [-0.3, -0.25) is 4.79 Å². The van der Waals surface area contributed by atoms with E-state index in [-0.39, 0.29) is 18.5 Å². The molecule has 1 aromatic carbocycles. The van der Waals surface area contributed by atoms with E-state index in [4.69, 9.17) is 5.11 Å². The lowest BCUT2D eigenvalue weighted by molar-refractivity contribution is -0.138. The first-order valence-electron chi connectivity index (χ1n) is 6.34. The first-order valence-corrected chi connectivity index (χ1v) is 6.34. The number of benzene rings is 1. The van der Waals surface area contributed by atoms with E-state index >= 15 is 0 Å². The van der Waals surface area contributed by atoms with E-state index in [1.165, 1.54) is 4.90 Å². The average molecular weight is 264 g/mol. The monoisotopic (exact) mass is 264 g/mol. The fourth-order valence-electron chi connectivity index (χ4n) is 1.89. The van der Waals surface area contributed by atoms with Crippen molar-refractivity contribution in [2.75, 3.05) is 6.54 Å². The number of carboxylic acid groups (broad SMARTS) is 1. The molecule has 0 aliphatic heterocycles. The third-order valence-electron chi connectivity index (χ3n) is 2.89. The van der Waals surface area contributed by atoms with E-state index in [0.717, 1.165) is 5.56 Å². The molecule has 1 atom stereocenters. The molecule has 5 heteroatoms. The quantitative estimate of drug-likeness (QED) is 0.826. The molecule has 19 heavy (non-hydrogen) atoms. The first-order chi connectivity index (χ1) is 9.04. The fraction of sp³-hybridized carbons (Fsp3) is 0.429. The highest BCUT2D eigenvalue weighted by molar-refractivity contribution is 5.75. The van der Waals surface area contributed by atoms with Gasteiger partial charge in [-0.1, -0.05) is 30.3 Å². The molecule has 0 heterocycles. The molecule has 1 aromatic rings. The first kappa shape index (κ1) is 15.0. The zero-order valence-corrected chi connectivity index (χ0v) is 11.3. The Morgan fingerprint density at radius 2 is 1.95 bits per heavy atom. The number of hydrogen-bond acceptors (Lipinski definition) is 2. The summed E-state index contributed by atoms with van der Waals surface area (Å²) in [5.74, 6) is -0.901. The SMILES string of the molecule is CCN(C(=O)NCc1ccccc1)C(C)CC(=O)O. The minimum Gasteiger partial charge on any atom is -0.481 e. The Hall–Kier alpha value is -2.04. The standard InChI is InChI=1S/C14H20N2O3/c1-3-16(11(2)9-13(17)18)14(19)15-10-12-7-5-4-6-8-12/h4-8,11H,3,9-10H2,1-2H3,(H,15,19)(H,17,18). The van der Waals surface area contributed by atoms with Crippen molar-refractivity contribution in [3.63, 3.8) is 0 Å². The summed E-state index contributed by atoms with van der Waals surface area (Å²) in [6.07, 6.45) is -0.0490. The molecular weight excluding hydrogens is 244 g/mol. The summed E-state index contributed by atoms with van der Waals surface area (Å²) in [7, 11) is 0. The molecule has 0 bridgehead atoms. The summed E-state index contributed by atoms with van der Waals surface area (Å²) < 4.78 is 0. The molecule has 5 nitrogen and oxygen atoms in total. The van der Waals surface area contributed by atoms with Gasteiger partial charge in [0.2, 0.25) is 0 Å². The van der Waals surface area contributed by atoms with Crippen molar-refractivity contribution in [3.05, 3.63) is 35.9 Å². The molecule has 0 fully saturated rings. The van der Waals surface area contributed by atoms with Crippen molar-refractivity contribution in [2.45, 2.75) is 32.9 Å². The van der Waals surface area contributed by atoms with Gasteiger partial charge in [-0.25, -0.2) is 4.79 Å². The van der Waals surface area contributed by atoms with Crippen LogP contribution in [0, 0.1) is 0 Å². The normalized spacial score (nSPS) is 11.7. The summed E-state index contributed by atoms with van der Waals surface area (Å²) in [6, 6.07) is 9.03. The second-order valence-corrected chi connectivity index (χ2v) is 4.38. The molecule has 1 unspecified atom stereocenters. The minimum atomic E-state index is -0.901. The summed E-state index contributed by atoms with van der Waals surface area (Å²) >= 11 is 0. The fourth-order valence-corrected chi connectivity index (χ4v) is 1.89. The van der Waals surface area contributed by atoms with Gasteiger partial charge in [0.25, 0.3) is 0 Å². The lowest BCUT2D eigenvalue weighted by atomic mass is 10.2. The molecule has 2 amide bonds. The van der Waals surface area contributed by atoms with Crippen LogP contribution in [0.2, 0.25) is 0 Å². The Morgan fingerprint density at radius 3 is 2.47 bits per heavy atom. The Balaban J connectivity index is 2.52. The molecule has 0 aromatic heterocycles. The van der Waals surface area contributed by atoms with Crippen molar-refractivity contribution in [1.29, 1.82) is 0 Å². The predicted octanol–water partition coefficient (Wildman–Crippen LogP) is 2.08. The largest absolute Gasteiger partial charge is 0.481 e. The minimum absolute atomic E-state index is 0.0490. The van der Waals surface area contributed by atoms with Gasteiger partial charge in [0, 0.05) is 19.1 Å². The molecule has 0 saturated heterocycles. The Kier molecular flexibility index (Phi) is 5.85. The van der Waals surface area contributed by atoms with Crippen LogP contribution in [-0.2, 0) is 11.3 Å². The van der Waals surface area contributed by atoms with Crippen LogP contribution in [0.5, 0.6) is 0 Å². The van der Waals surface area contributed by atoms with E-state index in [2.05, 4.69) is 5.32 Å². The Labute approximate surface area is 113 Å². The third-order valence-corrected chi connectivity index (χ3v) is 2.89. The number of carboxylic acids is 1. The number of urea groups is 1. The second-order valence-electron chi connectivity index (χ2n) is 4.38. The van der Waals surface area contributed by atoms with Gasteiger partial charge in [-0.05, 0) is 19.4 Å². The van der Waals surface area contributed by atoms with Crippen LogP contribution in [0.1, 0.15) is 25.8 Å². The summed E-state index contributed by atoms with van der Waals surface area (Å²) in [6.45, 7) is 4.49. The van der Waals surface area contributed by atoms with Gasteiger partial charge >= 0.3 is 12.0 Å². The molecule has 1 rings (SSSR count). The topological polar surface area (TPSA) is 69.6 Å². The number of carbonyl (C=O) groups is 2. The Morgan fingerprint density at radius 1 is 1.32 bits per heavy atom. The van der Waals surface area contributed by atoms with Crippen LogP contribution < -0.4 is 5.32 Å². The zero-order valence-electron chi connectivity index (χ0n) is 11.3. The summed E-state index contributed by atoms with van der Waals surface area (Å²) in [5.41, 5.74) is 1.01. The van der Waals surface area contributed by atoms with E-state index in [0.29, 0.717) is 13.1 Å². The highest BCUT2D eigenvalue weighted by atomic mass is 16.4. The maximum absolute atomic E-state index is 12.0. The van der Waals surface area contributed by atoms with Crippen molar-refractivity contribution in [1.82, 2.24) is 10.2 Å². The average Bonchev–Trinajstić information content (AvgIpc) is 2.37. The van der Waals surface area contributed by atoms with Crippen LogP contribution >= 0.6 is 0 Å². The van der Waals surface area contributed by atoms with E-state index < -0.39 is 5.97 Å². The van der Waals surface area contributed by atoms with Gasteiger partial charge in [0.05, 0.1) is 6.42 Å². The predicted molar refractivity (Wildman–Crippen MR) is 72.8 cm³/mol. The lowest BCUT2D eigenvalue weighted by Gasteiger charge is -2.27. The number of carbonyl (C=O) groups excluding carboxylic acids is 1. The molecule has 0 spiro atoms. The number of nitrogens with zero attached hydrogens (tertiary/aromatic N) is 1. The number of nitrogens with one attached hydrogen (secondary N) is 1. The van der Waals surface area contributed by atoms with Crippen LogP contribution in [0.3, 0.4) is 0 Å². The maximum Gasteiger partial charge on any atom is 0.317 e. The van der Waals surface area contributed by atoms with E-state index in [1.54, 1.807) is 6.92 Å². The van der Waals surface area contributed by atoms with Crippen LogP contribution in [-0.4, -0.2) is 34.6 Å². The van der Waals surface area contributed by atoms with Gasteiger partial charge in [-0.2, -0.15) is 0 Å². The highest BCUT2D eigenvalue weighted by Gasteiger charge is 2.20. The van der Waals surface area contributed by atoms with Crippen LogP contribution in [0.15, 0.2) is 30.3 Å². The van der Waals surface area contributed by atoms with Gasteiger partial charge in [-0.15, -0.1) is 0 Å². The smallest absolute Gasteiger partial charge is 0.317 e. The molecule has 0 aliphatic rings. The molecule has 0 aliphatic carbocycles. The number of amides is 2. The van der Waals surface area contributed by atoms with Gasteiger partial charge < -0.3 is 15.3 Å². The number of aliphatic carboxylic acids is 1. The van der Waals surface area contributed by atoms with Crippen LogP contribution in [0.25, 0.3) is 0 Å². The highest BCUT2D eigenvalue weighted by Crippen LogP contribution is 2.05. The second kappa shape index (κ2) is 7.41. The molecule has 2 N–H and O–H groups in total. The summed E-state index contributed by atoms with van der Waals surface area (Å²) in [4.78, 5) is 24.2. The Bertz CT molecular complexity index is 420. The lowest BCUT2D eigenvalue weighted by Crippen LogP contribution is -2.45. The molecule has 0 saturated carbocycles. The molecular formula is C14H20N2O3. The van der Waals surface area contributed by atoms with Gasteiger partial charge in [0.1, 0.15) is 0 Å². The number of hydrogen-bond donors (Lipinski definition) is 2. The van der Waals surface area contributed by atoms with Gasteiger partial charge in [0.15, 0.2) is 0 Å². The van der Waals surface area contributed by atoms with Crippen molar-refractivity contribution < 1.29 is 14.7 Å². The number of rotatable bonds is 6. The third kappa shape index (κ3) is 4.99. The van der Waals surface area contributed by atoms with Crippen molar-refractivity contribution >= 4 is 12.0 Å². The van der Waals surface area contributed by atoms with Crippen LogP contribution in [0.4, 0.5) is 4.79 Å². The van der Waals surface area contributed by atoms with E-state index in [1.807, 2.05) is 37.3 Å². The molecule has 104 valence electrons. The van der Waals surface area contributed by atoms with Crippen molar-refractivity contribution in [3.8, 4) is 0 Å². The molecule has 0 radical (unpaired) electrons. The maximum atomic E-state index is 12.0. The van der Waals surface area contributed by atoms with E-state index in [9.17, 15) is 9.59 Å². The summed E-state index contributed by atoms with van der Waals surface area (Å²) in [5, 5.41) is 11.6. The van der Waals surface area contributed by atoms with Crippen molar-refractivity contribution in [2.24, 2.45) is 0 Å².